The maximum absolute atomic E-state index is 9.54. The van der Waals surface area contributed by atoms with E-state index < -0.39 is 0 Å². The average molecular weight is 247 g/mol. The largest absolute Gasteiger partial charge is 0.396 e. The molecule has 18 heavy (non-hydrogen) atoms. The summed E-state index contributed by atoms with van der Waals surface area (Å²) in [7, 11) is 0. The van der Waals surface area contributed by atoms with Crippen molar-refractivity contribution in [2.75, 3.05) is 18.5 Å². The molecule has 0 atom stereocenters. The molecule has 0 fully saturated rings. The topological polar surface area (TPSA) is 60.9 Å². The maximum Gasteiger partial charge on any atom is 0.0670 e. The van der Waals surface area contributed by atoms with E-state index >= 15 is 0 Å². The molecule has 1 heterocycles. The van der Waals surface area contributed by atoms with Crippen LogP contribution in [0.15, 0.2) is 24.4 Å². The van der Waals surface area contributed by atoms with Gasteiger partial charge in [0.15, 0.2) is 0 Å². The lowest BCUT2D eigenvalue weighted by Gasteiger charge is -2.30. The van der Waals surface area contributed by atoms with Gasteiger partial charge in [-0.15, -0.1) is 0 Å². The molecule has 4 heteroatoms. The molecular formula is C14H21N3O. The number of hydrogen-bond acceptors (Lipinski definition) is 3. The van der Waals surface area contributed by atoms with Crippen molar-refractivity contribution in [2.45, 2.75) is 26.7 Å². The zero-order valence-corrected chi connectivity index (χ0v) is 11.0. The molecule has 0 spiro atoms. The fraction of sp³-hybridized carbons (Fsp3) is 0.500. The number of nitrogens with zero attached hydrogens (tertiary/aromatic N) is 1. The Hall–Kier alpha value is -1.55. The predicted octanol–water partition coefficient (Wildman–Crippen LogP) is 2.77. The van der Waals surface area contributed by atoms with Crippen LogP contribution in [0.2, 0.25) is 0 Å². The molecule has 0 aliphatic rings. The third-order valence-corrected chi connectivity index (χ3v) is 3.94. The van der Waals surface area contributed by atoms with E-state index in [4.69, 9.17) is 0 Å². The highest BCUT2D eigenvalue weighted by Gasteiger charge is 2.24. The van der Waals surface area contributed by atoms with Crippen LogP contribution in [0, 0.1) is 5.41 Å². The van der Waals surface area contributed by atoms with E-state index in [2.05, 4.69) is 35.4 Å². The number of H-pyrrole nitrogens is 1. The van der Waals surface area contributed by atoms with Crippen LogP contribution < -0.4 is 5.32 Å². The lowest BCUT2D eigenvalue weighted by molar-refractivity contribution is 0.127. The summed E-state index contributed by atoms with van der Waals surface area (Å²) in [5.74, 6) is 0. The second-order valence-electron chi connectivity index (χ2n) is 4.89. The number of nitrogens with one attached hydrogen (secondary N) is 2. The first-order valence-corrected chi connectivity index (χ1v) is 6.51. The standard InChI is InChI=1S/C14H21N3O/c1-3-14(4-2,10-18)9-15-12-6-5-11-8-16-17-13(11)7-12/h5-8,15,18H,3-4,9-10H2,1-2H3,(H,16,17). The Kier molecular flexibility index (Phi) is 3.87. The zero-order valence-electron chi connectivity index (χ0n) is 11.0. The molecule has 0 saturated carbocycles. The van der Waals surface area contributed by atoms with Crippen molar-refractivity contribution in [3.63, 3.8) is 0 Å². The minimum Gasteiger partial charge on any atom is -0.396 e. The fourth-order valence-electron chi connectivity index (χ4n) is 2.12. The van der Waals surface area contributed by atoms with Gasteiger partial charge in [0.2, 0.25) is 0 Å². The van der Waals surface area contributed by atoms with Crippen LogP contribution in [-0.4, -0.2) is 28.5 Å². The number of anilines is 1. The van der Waals surface area contributed by atoms with Gasteiger partial charge in [-0.05, 0) is 31.0 Å². The molecule has 4 nitrogen and oxygen atoms in total. The van der Waals surface area contributed by atoms with Crippen molar-refractivity contribution in [1.82, 2.24) is 10.2 Å². The highest BCUT2D eigenvalue weighted by atomic mass is 16.3. The van der Waals surface area contributed by atoms with Gasteiger partial charge in [0.25, 0.3) is 0 Å². The van der Waals surface area contributed by atoms with Crippen molar-refractivity contribution in [3.8, 4) is 0 Å². The van der Waals surface area contributed by atoms with Gasteiger partial charge in [0.05, 0.1) is 18.3 Å². The summed E-state index contributed by atoms with van der Waals surface area (Å²) >= 11 is 0. The number of fused-ring (bicyclic) bond motifs is 1. The number of benzene rings is 1. The van der Waals surface area contributed by atoms with E-state index in [1.54, 1.807) is 0 Å². The highest BCUT2D eigenvalue weighted by molar-refractivity contribution is 5.81. The molecule has 1 aromatic heterocycles. The molecule has 0 saturated heterocycles. The minimum atomic E-state index is -0.0249. The molecule has 0 unspecified atom stereocenters. The molecule has 3 N–H and O–H groups in total. The highest BCUT2D eigenvalue weighted by Crippen LogP contribution is 2.26. The third kappa shape index (κ3) is 2.48. The van der Waals surface area contributed by atoms with Crippen LogP contribution in [0.1, 0.15) is 26.7 Å². The molecule has 0 amide bonds. The van der Waals surface area contributed by atoms with E-state index in [1.165, 1.54) is 0 Å². The molecule has 0 bridgehead atoms. The average Bonchev–Trinajstić information content (AvgIpc) is 2.88. The molecule has 0 radical (unpaired) electrons. The third-order valence-electron chi connectivity index (χ3n) is 3.94. The molecule has 1 aromatic carbocycles. The lowest BCUT2D eigenvalue weighted by Crippen LogP contribution is -2.32. The number of aliphatic hydroxyl groups excluding tert-OH is 1. The molecule has 0 aliphatic heterocycles. The molecule has 98 valence electrons. The van der Waals surface area contributed by atoms with Crippen LogP contribution in [-0.2, 0) is 0 Å². The molecular weight excluding hydrogens is 226 g/mol. The van der Waals surface area contributed by atoms with Gasteiger partial charge in [0.1, 0.15) is 0 Å². The zero-order chi connectivity index (χ0) is 13.0. The summed E-state index contributed by atoms with van der Waals surface area (Å²) < 4.78 is 0. The summed E-state index contributed by atoms with van der Waals surface area (Å²) in [4.78, 5) is 0. The second kappa shape index (κ2) is 5.40. The van der Waals surface area contributed by atoms with Crippen molar-refractivity contribution in [1.29, 1.82) is 0 Å². The Bertz CT molecular complexity index is 494. The van der Waals surface area contributed by atoms with Gasteiger partial charge in [-0.3, -0.25) is 5.10 Å². The van der Waals surface area contributed by atoms with Crippen LogP contribution in [0.4, 0.5) is 5.69 Å². The van der Waals surface area contributed by atoms with Gasteiger partial charge in [0, 0.05) is 23.0 Å². The van der Waals surface area contributed by atoms with Crippen LogP contribution in [0.5, 0.6) is 0 Å². The van der Waals surface area contributed by atoms with Gasteiger partial charge >= 0.3 is 0 Å². The predicted molar refractivity (Wildman–Crippen MR) is 74.7 cm³/mol. The summed E-state index contributed by atoms with van der Waals surface area (Å²) in [5, 5.41) is 21.0. The summed E-state index contributed by atoms with van der Waals surface area (Å²) in [6, 6.07) is 6.14. The molecule has 0 aliphatic carbocycles. The van der Waals surface area contributed by atoms with E-state index in [9.17, 15) is 5.11 Å². The minimum absolute atomic E-state index is 0.0249. The Morgan fingerprint density at radius 1 is 1.33 bits per heavy atom. The van der Waals surface area contributed by atoms with Crippen molar-refractivity contribution < 1.29 is 5.11 Å². The van der Waals surface area contributed by atoms with Crippen molar-refractivity contribution in [3.05, 3.63) is 24.4 Å². The summed E-state index contributed by atoms with van der Waals surface area (Å²) in [6.45, 7) is 5.26. The number of rotatable bonds is 6. The quantitative estimate of drug-likeness (QED) is 0.735. The van der Waals surface area contributed by atoms with Crippen molar-refractivity contribution in [2.24, 2.45) is 5.41 Å². The van der Waals surface area contributed by atoms with E-state index in [1.807, 2.05) is 18.3 Å². The normalized spacial score (nSPS) is 11.9. The van der Waals surface area contributed by atoms with Gasteiger partial charge in [-0.2, -0.15) is 5.10 Å². The Morgan fingerprint density at radius 3 is 2.78 bits per heavy atom. The number of hydrogen-bond donors (Lipinski definition) is 3. The van der Waals surface area contributed by atoms with Crippen LogP contribution in [0.25, 0.3) is 10.9 Å². The number of aliphatic hydroxyl groups is 1. The van der Waals surface area contributed by atoms with E-state index in [0.29, 0.717) is 0 Å². The van der Waals surface area contributed by atoms with Gasteiger partial charge in [-0.25, -0.2) is 0 Å². The summed E-state index contributed by atoms with van der Waals surface area (Å²) in [6.07, 6.45) is 3.76. The van der Waals surface area contributed by atoms with E-state index in [0.717, 1.165) is 36.0 Å². The fourth-order valence-corrected chi connectivity index (χ4v) is 2.12. The Balaban J connectivity index is 2.09. The smallest absolute Gasteiger partial charge is 0.0670 e. The Morgan fingerprint density at radius 2 is 2.11 bits per heavy atom. The first-order valence-electron chi connectivity index (χ1n) is 6.51. The van der Waals surface area contributed by atoms with Gasteiger partial charge in [-0.1, -0.05) is 13.8 Å². The lowest BCUT2D eigenvalue weighted by atomic mass is 9.83. The number of aromatic nitrogens is 2. The molecule has 2 rings (SSSR count). The SMILES string of the molecule is CCC(CC)(CO)CNc1ccc2cn[nH]c2c1. The van der Waals surface area contributed by atoms with E-state index in [-0.39, 0.29) is 12.0 Å². The first-order chi connectivity index (χ1) is 8.73. The Labute approximate surface area is 107 Å². The van der Waals surface area contributed by atoms with Crippen LogP contribution >= 0.6 is 0 Å². The maximum atomic E-state index is 9.54. The van der Waals surface area contributed by atoms with Crippen LogP contribution in [0.3, 0.4) is 0 Å². The summed E-state index contributed by atoms with van der Waals surface area (Å²) in [5.41, 5.74) is 2.07. The monoisotopic (exact) mass is 247 g/mol. The number of aromatic amines is 1. The second-order valence-corrected chi connectivity index (χ2v) is 4.89. The van der Waals surface area contributed by atoms with Gasteiger partial charge < -0.3 is 10.4 Å². The molecule has 2 aromatic rings. The first kappa shape index (κ1) is 12.9. The van der Waals surface area contributed by atoms with Crippen molar-refractivity contribution >= 4 is 16.6 Å².